The number of nitrogens with one attached hydrogen (secondary N) is 1. The van der Waals surface area contributed by atoms with Crippen molar-refractivity contribution in [3.05, 3.63) is 35.9 Å². The highest BCUT2D eigenvalue weighted by Gasteiger charge is 2.30. The Kier molecular flexibility index (Phi) is 4.86. The van der Waals surface area contributed by atoms with Gasteiger partial charge in [0.15, 0.2) is 0 Å². The summed E-state index contributed by atoms with van der Waals surface area (Å²) < 4.78 is 0. The lowest BCUT2D eigenvalue weighted by Crippen LogP contribution is -2.53. The molecule has 2 aliphatic rings. The first-order valence-corrected chi connectivity index (χ1v) is 8.80. The second-order valence-electron chi connectivity index (χ2n) is 7.91. The fraction of sp³-hybridized carbons (Fsp3) is 0.684. The number of benzene rings is 1. The Labute approximate surface area is 135 Å². The van der Waals surface area contributed by atoms with E-state index in [0.29, 0.717) is 17.5 Å². The van der Waals surface area contributed by atoms with Gasteiger partial charge in [0.2, 0.25) is 0 Å². The third kappa shape index (κ3) is 3.89. The van der Waals surface area contributed by atoms with E-state index in [1.807, 2.05) is 0 Å². The molecule has 0 radical (unpaired) electrons. The zero-order chi connectivity index (χ0) is 15.6. The molecule has 2 unspecified atom stereocenters. The molecule has 122 valence electrons. The molecule has 2 atom stereocenters. The monoisotopic (exact) mass is 301 g/mol. The van der Waals surface area contributed by atoms with Crippen molar-refractivity contribution in [1.82, 2.24) is 15.3 Å². The number of hydrogen-bond acceptors (Lipinski definition) is 3. The number of hydrogen-bond donors (Lipinski definition) is 1. The Morgan fingerprint density at radius 2 is 1.73 bits per heavy atom. The molecule has 0 saturated carbocycles. The first kappa shape index (κ1) is 16.0. The summed E-state index contributed by atoms with van der Waals surface area (Å²) in [5.41, 5.74) is 5.80. The molecule has 0 spiro atoms. The molecule has 3 heteroatoms. The van der Waals surface area contributed by atoms with Crippen LogP contribution in [0, 0.1) is 5.41 Å². The van der Waals surface area contributed by atoms with Gasteiger partial charge >= 0.3 is 0 Å². The van der Waals surface area contributed by atoms with Crippen LogP contribution in [-0.4, -0.2) is 42.6 Å². The molecule has 2 aliphatic heterocycles. The SMILES string of the molecule is CN1CCC(NN2CCC(C)(C)CC2)CC1c1ccccc1. The van der Waals surface area contributed by atoms with Gasteiger partial charge in [-0.25, -0.2) is 5.01 Å². The highest BCUT2D eigenvalue weighted by molar-refractivity contribution is 5.19. The van der Waals surface area contributed by atoms with Gasteiger partial charge in [0, 0.05) is 25.2 Å². The third-order valence-corrected chi connectivity index (χ3v) is 5.54. The summed E-state index contributed by atoms with van der Waals surface area (Å²) >= 11 is 0. The standard InChI is InChI=1S/C19H31N3/c1-19(2)10-13-22(14-11-19)20-17-9-12-21(3)18(15-17)16-7-5-4-6-8-16/h4-8,17-18,20H,9-15H2,1-3H3. The summed E-state index contributed by atoms with van der Waals surface area (Å²) in [7, 11) is 2.26. The predicted molar refractivity (Wildman–Crippen MR) is 92.6 cm³/mol. The highest BCUT2D eigenvalue weighted by Crippen LogP contribution is 2.32. The average Bonchev–Trinajstić information content (AvgIpc) is 2.52. The first-order valence-electron chi connectivity index (χ1n) is 8.80. The van der Waals surface area contributed by atoms with Crippen molar-refractivity contribution in [2.75, 3.05) is 26.7 Å². The van der Waals surface area contributed by atoms with Crippen LogP contribution in [0.5, 0.6) is 0 Å². The van der Waals surface area contributed by atoms with Crippen LogP contribution in [0.4, 0.5) is 0 Å². The van der Waals surface area contributed by atoms with Gasteiger partial charge in [-0.1, -0.05) is 44.2 Å². The van der Waals surface area contributed by atoms with E-state index in [-0.39, 0.29) is 0 Å². The van der Waals surface area contributed by atoms with E-state index in [9.17, 15) is 0 Å². The molecule has 22 heavy (non-hydrogen) atoms. The van der Waals surface area contributed by atoms with Gasteiger partial charge < -0.3 is 0 Å². The van der Waals surface area contributed by atoms with Crippen LogP contribution in [0.1, 0.15) is 51.1 Å². The van der Waals surface area contributed by atoms with E-state index < -0.39 is 0 Å². The summed E-state index contributed by atoms with van der Waals surface area (Å²) in [4.78, 5) is 2.51. The molecule has 0 amide bonds. The lowest BCUT2D eigenvalue weighted by Gasteiger charge is -2.42. The Balaban J connectivity index is 1.57. The van der Waals surface area contributed by atoms with Crippen LogP contribution in [0.3, 0.4) is 0 Å². The summed E-state index contributed by atoms with van der Waals surface area (Å²) in [5, 5.41) is 2.48. The molecule has 1 N–H and O–H groups in total. The number of nitrogens with zero attached hydrogens (tertiary/aromatic N) is 2. The predicted octanol–water partition coefficient (Wildman–Crippen LogP) is 3.45. The molecule has 3 nitrogen and oxygen atoms in total. The van der Waals surface area contributed by atoms with Crippen LogP contribution in [0.15, 0.2) is 30.3 Å². The fourth-order valence-electron chi connectivity index (χ4n) is 3.76. The van der Waals surface area contributed by atoms with Crippen molar-refractivity contribution in [2.24, 2.45) is 5.41 Å². The smallest absolute Gasteiger partial charge is 0.0360 e. The Morgan fingerprint density at radius 1 is 1.05 bits per heavy atom. The molecular weight excluding hydrogens is 270 g/mol. The van der Waals surface area contributed by atoms with E-state index in [2.05, 4.69) is 66.6 Å². The molecule has 2 saturated heterocycles. The zero-order valence-electron chi connectivity index (χ0n) is 14.4. The Bertz CT molecular complexity index is 461. The number of rotatable bonds is 3. The van der Waals surface area contributed by atoms with Crippen molar-refractivity contribution < 1.29 is 0 Å². The van der Waals surface area contributed by atoms with Crippen LogP contribution in [0.2, 0.25) is 0 Å². The van der Waals surface area contributed by atoms with Gasteiger partial charge in [-0.2, -0.15) is 0 Å². The van der Waals surface area contributed by atoms with E-state index in [4.69, 9.17) is 0 Å². The van der Waals surface area contributed by atoms with Crippen molar-refractivity contribution in [3.63, 3.8) is 0 Å². The molecular formula is C19H31N3. The van der Waals surface area contributed by atoms with Crippen molar-refractivity contribution in [3.8, 4) is 0 Å². The minimum Gasteiger partial charge on any atom is -0.299 e. The molecule has 0 bridgehead atoms. The fourth-order valence-corrected chi connectivity index (χ4v) is 3.76. The molecule has 0 aromatic heterocycles. The van der Waals surface area contributed by atoms with Gasteiger partial charge in [-0.3, -0.25) is 10.3 Å². The summed E-state index contributed by atoms with van der Waals surface area (Å²) in [5.74, 6) is 0. The Hall–Kier alpha value is -0.900. The maximum absolute atomic E-state index is 3.82. The third-order valence-electron chi connectivity index (χ3n) is 5.54. The zero-order valence-corrected chi connectivity index (χ0v) is 14.4. The highest BCUT2D eigenvalue weighted by atomic mass is 15.5. The lowest BCUT2D eigenvalue weighted by molar-refractivity contribution is 0.0456. The average molecular weight is 301 g/mol. The maximum Gasteiger partial charge on any atom is 0.0360 e. The molecule has 2 fully saturated rings. The van der Waals surface area contributed by atoms with Crippen molar-refractivity contribution in [2.45, 2.75) is 51.6 Å². The number of hydrazine groups is 1. The topological polar surface area (TPSA) is 18.5 Å². The minimum atomic E-state index is 0.525. The quantitative estimate of drug-likeness (QED) is 0.922. The van der Waals surface area contributed by atoms with Gasteiger partial charge in [0.25, 0.3) is 0 Å². The van der Waals surface area contributed by atoms with Crippen LogP contribution in [0.25, 0.3) is 0 Å². The van der Waals surface area contributed by atoms with Crippen molar-refractivity contribution >= 4 is 0 Å². The Morgan fingerprint density at radius 3 is 2.41 bits per heavy atom. The van der Waals surface area contributed by atoms with E-state index in [0.717, 1.165) is 0 Å². The number of likely N-dealkylation sites (tertiary alicyclic amines) is 1. The van der Waals surface area contributed by atoms with Gasteiger partial charge in [-0.05, 0) is 50.3 Å². The van der Waals surface area contributed by atoms with Gasteiger partial charge in [0.1, 0.15) is 0 Å². The first-order chi connectivity index (χ1) is 10.5. The van der Waals surface area contributed by atoms with Gasteiger partial charge in [0.05, 0.1) is 0 Å². The van der Waals surface area contributed by atoms with Crippen LogP contribution < -0.4 is 5.43 Å². The van der Waals surface area contributed by atoms with E-state index in [1.54, 1.807) is 0 Å². The second kappa shape index (κ2) is 6.69. The van der Waals surface area contributed by atoms with Crippen molar-refractivity contribution in [1.29, 1.82) is 0 Å². The van der Waals surface area contributed by atoms with E-state index >= 15 is 0 Å². The second-order valence-corrected chi connectivity index (χ2v) is 7.91. The summed E-state index contributed by atoms with van der Waals surface area (Å²) in [6.45, 7) is 8.35. The molecule has 0 aliphatic carbocycles. The summed E-state index contributed by atoms with van der Waals surface area (Å²) in [6.07, 6.45) is 5.06. The van der Waals surface area contributed by atoms with Crippen LogP contribution >= 0.6 is 0 Å². The van der Waals surface area contributed by atoms with Crippen LogP contribution in [-0.2, 0) is 0 Å². The number of piperidine rings is 2. The molecule has 3 rings (SSSR count). The normalized spacial score (nSPS) is 30.3. The molecule has 1 aromatic rings. The lowest BCUT2D eigenvalue weighted by atomic mass is 9.83. The molecule has 2 heterocycles. The maximum atomic E-state index is 3.82. The summed E-state index contributed by atoms with van der Waals surface area (Å²) in [6, 6.07) is 12.1. The largest absolute Gasteiger partial charge is 0.299 e. The van der Waals surface area contributed by atoms with Gasteiger partial charge in [-0.15, -0.1) is 0 Å². The van der Waals surface area contributed by atoms with E-state index in [1.165, 1.54) is 50.9 Å². The minimum absolute atomic E-state index is 0.525. The molecule has 1 aromatic carbocycles.